The van der Waals surface area contributed by atoms with Gasteiger partial charge in [-0.2, -0.15) is 0 Å². The molecule has 0 aromatic carbocycles. The van der Waals surface area contributed by atoms with Gasteiger partial charge in [-0.15, -0.1) is 24.0 Å². The summed E-state index contributed by atoms with van der Waals surface area (Å²) in [7, 11) is 1.78. The highest BCUT2D eigenvalue weighted by Gasteiger charge is 2.09. The molecule has 2 rings (SSSR count). The van der Waals surface area contributed by atoms with Crippen LogP contribution in [0.3, 0.4) is 0 Å². The van der Waals surface area contributed by atoms with E-state index in [-0.39, 0.29) is 24.0 Å². The molecule has 0 atom stereocenters. The van der Waals surface area contributed by atoms with E-state index >= 15 is 0 Å². The molecule has 0 aliphatic carbocycles. The zero-order valence-electron chi connectivity index (χ0n) is 12.0. The van der Waals surface area contributed by atoms with E-state index in [1.165, 1.54) is 32.4 Å². The van der Waals surface area contributed by atoms with Gasteiger partial charge < -0.3 is 20.1 Å². The quantitative estimate of drug-likeness (QED) is 0.450. The number of hydrogen-bond donors (Lipinski definition) is 2. The molecular weight excluding hydrogens is 369 g/mol. The predicted molar refractivity (Wildman–Crippen MR) is 90.4 cm³/mol. The van der Waals surface area contributed by atoms with Gasteiger partial charge in [0, 0.05) is 26.2 Å². The van der Waals surface area contributed by atoms with Crippen molar-refractivity contribution >= 4 is 29.9 Å². The lowest BCUT2D eigenvalue weighted by Gasteiger charge is -2.26. The third kappa shape index (κ3) is 6.08. The molecule has 0 radical (unpaired) electrons. The summed E-state index contributed by atoms with van der Waals surface area (Å²) in [6, 6.07) is 1.84. The standard InChI is InChI=1S/C13H23N5O.HI/c1-14-13(16-11-12-5-10-19-17-12)15-6-9-18-7-3-2-4-8-18;/h5,10H,2-4,6-9,11H2,1H3,(H2,14,15,16);1H. The Morgan fingerprint density at radius 3 is 2.80 bits per heavy atom. The van der Waals surface area contributed by atoms with E-state index in [1.54, 1.807) is 13.3 Å². The van der Waals surface area contributed by atoms with Crippen LogP contribution in [0.4, 0.5) is 0 Å². The minimum atomic E-state index is 0. The molecule has 0 saturated carbocycles. The van der Waals surface area contributed by atoms with Crippen molar-refractivity contribution in [2.24, 2.45) is 4.99 Å². The number of nitrogens with zero attached hydrogens (tertiary/aromatic N) is 3. The molecule has 0 unspecified atom stereocenters. The molecular formula is C13H24IN5O. The number of aliphatic imine (C=N–C) groups is 1. The highest BCUT2D eigenvalue weighted by molar-refractivity contribution is 14.0. The van der Waals surface area contributed by atoms with E-state index < -0.39 is 0 Å². The van der Waals surface area contributed by atoms with Crippen LogP contribution in [-0.4, -0.2) is 49.2 Å². The van der Waals surface area contributed by atoms with Gasteiger partial charge in [-0.25, -0.2) is 0 Å². The van der Waals surface area contributed by atoms with Crippen molar-refractivity contribution in [2.75, 3.05) is 33.2 Å². The molecule has 2 N–H and O–H groups in total. The van der Waals surface area contributed by atoms with Crippen LogP contribution in [0.5, 0.6) is 0 Å². The van der Waals surface area contributed by atoms with E-state index in [0.29, 0.717) is 6.54 Å². The lowest BCUT2D eigenvalue weighted by molar-refractivity contribution is 0.232. The fourth-order valence-electron chi connectivity index (χ4n) is 2.24. The zero-order valence-corrected chi connectivity index (χ0v) is 14.3. The van der Waals surface area contributed by atoms with Gasteiger partial charge in [0.25, 0.3) is 0 Å². The molecule has 2 heterocycles. The maximum Gasteiger partial charge on any atom is 0.191 e. The van der Waals surface area contributed by atoms with Crippen LogP contribution in [0, 0.1) is 0 Å². The highest BCUT2D eigenvalue weighted by atomic mass is 127. The van der Waals surface area contributed by atoms with Gasteiger partial charge in [0.1, 0.15) is 12.0 Å². The molecule has 1 aliphatic heterocycles. The number of halogens is 1. The molecule has 1 saturated heterocycles. The first-order valence-electron chi connectivity index (χ1n) is 6.94. The summed E-state index contributed by atoms with van der Waals surface area (Å²) in [6.45, 7) is 5.07. The van der Waals surface area contributed by atoms with Crippen LogP contribution in [-0.2, 0) is 6.54 Å². The first-order valence-corrected chi connectivity index (χ1v) is 6.94. The second-order valence-electron chi connectivity index (χ2n) is 4.75. The van der Waals surface area contributed by atoms with Crippen molar-refractivity contribution in [2.45, 2.75) is 25.8 Å². The van der Waals surface area contributed by atoms with Gasteiger partial charge in [0.15, 0.2) is 5.96 Å². The Morgan fingerprint density at radius 1 is 1.35 bits per heavy atom. The molecule has 0 amide bonds. The van der Waals surface area contributed by atoms with E-state index in [0.717, 1.165) is 24.7 Å². The maximum atomic E-state index is 4.78. The molecule has 1 aromatic rings. The van der Waals surface area contributed by atoms with Gasteiger partial charge in [0.2, 0.25) is 0 Å². The second kappa shape index (κ2) is 9.98. The van der Waals surface area contributed by atoms with Crippen LogP contribution >= 0.6 is 24.0 Å². The average molecular weight is 393 g/mol. The van der Waals surface area contributed by atoms with Crippen LogP contribution in [0.1, 0.15) is 25.0 Å². The molecule has 6 nitrogen and oxygen atoms in total. The van der Waals surface area contributed by atoms with Crippen LogP contribution < -0.4 is 10.6 Å². The fourth-order valence-corrected chi connectivity index (χ4v) is 2.24. The van der Waals surface area contributed by atoms with Crippen LogP contribution in [0.25, 0.3) is 0 Å². The number of piperidine rings is 1. The predicted octanol–water partition coefficient (Wildman–Crippen LogP) is 1.44. The first kappa shape index (κ1) is 17.2. The number of nitrogens with one attached hydrogen (secondary N) is 2. The number of hydrogen-bond acceptors (Lipinski definition) is 4. The summed E-state index contributed by atoms with van der Waals surface area (Å²) >= 11 is 0. The fraction of sp³-hybridized carbons (Fsp3) is 0.692. The summed E-state index contributed by atoms with van der Waals surface area (Å²) in [5, 5.41) is 10.4. The SMILES string of the molecule is CN=C(NCCN1CCCCC1)NCc1ccon1.I. The Morgan fingerprint density at radius 2 is 2.15 bits per heavy atom. The van der Waals surface area contributed by atoms with Crippen molar-refractivity contribution in [1.82, 2.24) is 20.7 Å². The topological polar surface area (TPSA) is 65.7 Å². The van der Waals surface area contributed by atoms with E-state index in [4.69, 9.17) is 4.52 Å². The van der Waals surface area contributed by atoms with Crippen LogP contribution in [0.2, 0.25) is 0 Å². The molecule has 20 heavy (non-hydrogen) atoms. The minimum absolute atomic E-state index is 0. The van der Waals surface area contributed by atoms with E-state index in [2.05, 4.69) is 25.7 Å². The number of guanidine groups is 1. The number of likely N-dealkylation sites (tertiary alicyclic amines) is 1. The zero-order chi connectivity index (χ0) is 13.3. The summed E-state index contributed by atoms with van der Waals surface area (Å²) in [4.78, 5) is 6.69. The van der Waals surface area contributed by atoms with Gasteiger partial charge in [-0.05, 0) is 25.9 Å². The van der Waals surface area contributed by atoms with Gasteiger partial charge in [-0.1, -0.05) is 11.6 Å². The van der Waals surface area contributed by atoms with Crippen molar-refractivity contribution in [3.63, 3.8) is 0 Å². The van der Waals surface area contributed by atoms with Crippen molar-refractivity contribution in [3.05, 3.63) is 18.0 Å². The summed E-state index contributed by atoms with van der Waals surface area (Å²) in [5.74, 6) is 0.806. The normalized spacial score (nSPS) is 16.6. The molecule has 0 bridgehead atoms. The summed E-state index contributed by atoms with van der Waals surface area (Å²) in [5.41, 5.74) is 0.874. The van der Waals surface area contributed by atoms with Gasteiger partial charge in [0.05, 0.1) is 6.54 Å². The van der Waals surface area contributed by atoms with Crippen molar-refractivity contribution in [3.8, 4) is 0 Å². The molecule has 0 spiro atoms. The smallest absolute Gasteiger partial charge is 0.191 e. The molecule has 114 valence electrons. The number of rotatable bonds is 5. The maximum absolute atomic E-state index is 4.78. The van der Waals surface area contributed by atoms with E-state index in [9.17, 15) is 0 Å². The molecule has 1 aromatic heterocycles. The van der Waals surface area contributed by atoms with Gasteiger partial charge >= 0.3 is 0 Å². The lowest BCUT2D eigenvalue weighted by Crippen LogP contribution is -2.42. The molecule has 1 aliphatic rings. The Labute approximate surface area is 137 Å². The molecule has 1 fully saturated rings. The third-order valence-corrected chi connectivity index (χ3v) is 3.32. The Balaban J connectivity index is 0.00000200. The number of aromatic nitrogens is 1. The van der Waals surface area contributed by atoms with Crippen molar-refractivity contribution in [1.29, 1.82) is 0 Å². The monoisotopic (exact) mass is 393 g/mol. The summed E-state index contributed by atoms with van der Waals surface area (Å²) < 4.78 is 4.78. The Kier molecular flexibility index (Phi) is 8.59. The first-order chi connectivity index (χ1) is 9.38. The summed E-state index contributed by atoms with van der Waals surface area (Å²) in [6.07, 6.45) is 5.62. The van der Waals surface area contributed by atoms with E-state index in [1.807, 2.05) is 6.07 Å². The van der Waals surface area contributed by atoms with Crippen LogP contribution in [0.15, 0.2) is 21.8 Å². The Hall–Kier alpha value is -0.830. The largest absolute Gasteiger partial charge is 0.364 e. The third-order valence-electron chi connectivity index (χ3n) is 3.32. The minimum Gasteiger partial charge on any atom is -0.364 e. The highest BCUT2D eigenvalue weighted by Crippen LogP contribution is 2.07. The second-order valence-corrected chi connectivity index (χ2v) is 4.75. The van der Waals surface area contributed by atoms with Gasteiger partial charge in [-0.3, -0.25) is 4.99 Å². The Bertz CT molecular complexity index is 376. The lowest BCUT2D eigenvalue weighted by atomic mass is 10.1. The molecule has 7 heteroatoms. The average Bonchev–Trinajstić information content (AvgIpc) is 2.97. The van der Waals surface area contributed by atoms with Crippen molar-refractivity contribution < 1.29 is 4.52 Å².